The van der Waals surface area contributed by atoms with E-state index in [1.165, 1.54) is 44.9 Å². The second kappa shape index (κ2) is 15.5. The molecule has 0 saturated carbocycles. The molecule has 3 aliphatic carbocycles. The van der Waals surface area contributed by atoms with Gasteiger partial charge in [-0.05, 0) is 42.5 Å². The number of fused-ring (bicyclic) bond motifs is 1. The van der Waals surface area contributed by atoms with E-state index in [0.29, 0.717) is 28.8 Å². The lowest BCUT2D eigenvalue weighted by atomic mass is 9.49. The number of carboxylic acid groups (broad SMARTS) is 1. The molecule has 0 aromatic heterocycles. The Hall–Kier alpha value is -2.78. The molecule has 3 aliphatic rings. The molecule has 0 fully saturated rings. The first-order chi connectivity index (χ1) is 21.2. The number of hydrogen-bond donors (Lipinski definition) is 4. The van der Waals surface area contributed by atoms with Crippen LogP contribution in [0.1, 0.15) is 107 Å². The summed E-state index contributed by atoms with van der Waals surface area (Å²) in [6.07, 6.45) is 10.0. The van der Waals surface area contributed by atoms with Crippen LogP contribution in [0, 0.1) is 11.8 Å². The van der Waals surface area contributed by atoms with Crippen LogP contribution in [-0.4, -0.2) is 59.2 Å². The smallest absolute Gasteiger partial charge is 0.311 e. The fraction of sp³-hybridized carbons (Fsp3) is 0.611. The summed E-state index contributed by atoms with van der Waals surface area (Å²) in [5.74, 6) is -4.16. The van der Waals surface area contributed by atoms with E-state index in [-0.39, 0.29) is 13.2 Å². The Balaban J connectivity index is 1.65. The van der Waals surface area contributed by atoms with Gasteiger partial charge in [-0.25, -0.2) is 0 Å². The highest BCUT2D eigenvalue weighted by atomic mass is 16.5. The Morgan fingerprint density at radius 1 is 0.705 bits per heavy atom. The zero-order valence-corrected chi connectivity index (χ0v) is 26.6. The Bertz CT molecular complexity index is 1190. The predicted molar refractivity (Wildman–Crippen MR) is 169 cm³/mol. The maximum absolute atomic E-state index is 14.3. The molecule has 2 aromatic rings. The van der Waals surface area contributed by atoms with Gasteiger partial charge in [0.25, 0.3) is 0 Å². The lowest BCUT2D eigenvalue weighted by Gasteiger charge is -2.60. The fourth-order valence-electron chi connectivity index (χ4n) is 7.27. The molecule has 0 radical (unpaired) electrons. The van der Waals surface area contributed by atoms with Crippen molar-refractivity contribution in [2.24, 2.45) is 11.8 Å². The van der Waals surface area contributed by atoms with Gasteiger partial charge in [-0.15, -0.1) is 0 Å². The van der Waals surface area contributed by atoms with Crippen LogP contribution in [0.4, 0.5) is 0 Å². The van der Waals surface area contributed by atoms with Gasteiger partial charge in [-0.1, -0.05) is 113 Å². The van der Waals surface area contributed by atoms with Crippen molar-refractivity contribution in [1.29, 1.82) is 0 Å². The molecule has 4 atom stereocenters. The molecule has 5 rings (SSSR count). The number of carboxylic acids is 1. The molecule has 8 nitrogen and oxygen atoms in total. The van der Waals surface area contributed by atoms with Gasteiger partial charge in [0.15, 0.2) is 0 Å². The number of aliphatic hydroxyl groups is 2. The van der Waals surface area contributed by atoms with Crippen molar-refractivity contribution in [3.05, 3.63) is 70.8 Å². The fourth-order valence-corrected chi connectivity index (χ4v) is 7.27. The molecule has 0 saturated heterocycles. The molecular formula is C36H51NO7. The minimum atomic E-state index is -1.54. The third-order valence-electron chi connectivity index (χ3n) is 9.15. The van der Waals surface area contributed by atoms with E-state index in [1.807, 2.05) is 48.5 Å². The van der Waals surface area contributed by atoms with Crippen molar-refractivity contribution in [2.45, 2.75) is 108 Å². The average Bonchev–Trinajstić information content (AvgIpc) is 3.01. The third kappa shape index (κ3) is 6.74. The van der Waals surface area contributed by atoms with E-state index < -0.39 is 47.1 Å². The van der Waals surface area contributed by atoms with Crippen LogP contribution in [0.3, 0.4) is 0 Å². The van der Waals surface area contributed by atoms with Gasteiger partial charge in [0.1, 0.15) is 17.1 Å². The highest BCUT2D eigenvalue weighted by Gasteiger charge is 2.71. The zero-order valence-electron chi connectivity index (χ0n) is 26.6. The SMILES string of the molecule is CCCCCCCCCCCCNC(=O)C1C(C(=O)O)C2(OCC(C)O)c3ccccc3C1(OCC(C)O)c1ccccc12. The van der Waals surface area contributed by atoms with Crippen molar-refractivity contribution in [1.82, 2.24) is 5.32 Å². The highest BCUT2D eigenvalue weighted by molar-refractivity contribution is 5.91. The van der Waals surface area contributed by atoms with Crippen LogP contribution in [0.15, 0.2) is 48.5 Å². The van der Waals surface area contributed by atoms with Crippen LogP contribution < -0.4 is 5.32 Å². The third-order valence-corrected chi connectivity index (χ3v) is 9.15. The van der Waals surface area contributed by atoms with Crippen molar-refractivity contribution < 1.29 is 34.4 Å². The van der Waals surface area contributed by atoms with Crippen molar-refractivity contribution >= 4 is 11.9 Å². The lowest BCUT2D eigenvalue weighted by molar-refractivity contribution is -0.204. The van der Waals surface area contributed by atoms with Crippen molar-refractivity contribution in [3.8, 4) is 0 Å². The van der Waals surface area contributed by atoms with E-state index in [0.717, 1.165) is 19.3 Å². The normalized spacial score (nSPS) is 24.8. The van der Waals surface area contributed by atoms with Gasteiger partial charge in [-0.2, -0.15) is 0 Å². The number of nitrogens with one attached hydrogen (secondary N) is 1. The maximum Gasteiger partial charge on any atom is 0.311 e. The van der Waals surface area contributed by atoms with Crippen LogP contribution in [0.25, 0.3) is 0 Å². The molecule has 0 aliphatic heterocycles. The summed E-state index contributed by atoms with van der Waals surface area (Å²) in [7, 11) is 0. The molecule has 1 amide bonds. The quantitative estimate of drug-likeness (QED) is 0.152. The minimum absolute atomic E-state index is 0.0984. The summed E-state index contributed by atoms with van der Waals surface area (Å²) < 4.78 is 13.1. The van der Waals surface area contributed by atoms with E-state index in [1.54, 1.807) is 13.8 Å². The topological polar surface area (TPSA) is 125 Å². The first kappa shape index (κ1) is 34.1. The van der Waals surface area contributed by atoms with Crippen LogP contribution in [0.2, 0.25) is 0 Å². The summed E-state index contributed by atoms with van der Waals surface area (Å²) in [6.45, 7) is 5.62. The van der Waals surface area contributed by atoms with Gasteiger partial charge in [0.2, 0.25) is 5.91 Å². The summed E-state index contributed by atoms with van der Waals surface area (Å²) >= 11 is 0. The monoisotopic (exact) mass is 609 g/mol. The van der Waals surface area contributed by atoms with Gasteiger partial charge in [0, 0.05) is 6.54 Å². The Morgan fingerprint density at radius 2 is 1.09 bits per heavy atom. The first-order valence-corrected chi connectivity index (χ1v) is 16.6. The molecule has 8 heteroatoms. The molecule has 2 aromatic carbocycles. The lowest BCUT2D eigenvalue weighted by Crippen LogP contribution is -2.67. The zero-order chi connectivity index (χ0) is 31.7. The number of benzene rings is 2. The van der Waals surface area contributed by atoms with Gasteiger partial charge in [0.05, 0.1) is 31.3 Å². The molecule has 242 valence electrons. The number of rotatable bonds is 19. The standard InChI is InChI=1S/C36H51NO7/c1-4-5-6-7-8-9-10-11-12-17-22-37-33(40)31-32(34(41)42)36(44-24-26(3)39)29-20-15-13-18-27(29)35(31,43-23-25(2)38)28-19-14-16-21-30(28)36/h13-16,18-21,25-26,31-32,38-39H,4-12,17,22-24H2,1-3H3,(H,37,40)(H,41,42). The van der Waals surface area contributed by atoms with Crippen LogP contribution in [0.5, 0.6) is 0 Å². The van der Waals surface area contributed by atoms with Crippen LogP contribution in [-0.2, 0) is 30.3 Å². The summed E-state index contributed by atoms with van der Waals surface area (Å²) in [6, 6.07) is 14.7. The number of aliphatic carboxylic acids is 1. The molecule has 4 unspecified atom stereocenters. The van der Waals surface area contributed by atoms with Crippen molar-refractivity contribution in [2.75, 3.05) is 19.8 Å². The Labute approximate surface area is 262 Å². The molecule has 0 spiro atoms. The van der Waals surface area contributed by atoms with E-state index in [4.69, 9.17) is 9.47 Å². The number of aliphatic hydroxyl groups excluding tert-OH is 2. The highest BCUT2D eigenvalue weighted by Crippen LogP contribution is 2.65. The Kier molecular flexibility index (Phi) is 12.0. The first-order valence-electron chi connectivity index (χ1n) is 16.6. The number of unbranched alkanes of at least 4 members (excludes halogenated alkanes) is 9. The van der Waals surface area contributed by atoms with Gasteiger partial charge in [-0.3, -0.25) is 9.59 Å². The van der Waals surface area contributed by atoms with Crippen molar-refractivity contribution in [3.63, 3.8) is 0 Å². The second-order valence-corrected chi connectivity index (χ2v) is 12.6. The number of carbonyl (C=O) groups excluding carboxylic acids is 1. The largest absolute Gasteiger partial charge is 0.481 e. The number of carbonyl (C=O) groups is 2. The van der Waals surface area contributed by atoms with E-state index >= 15 is 0 Å². The maximum atomic E-state index is 14.3. The van der Waals surface area contributed by atoms with Gasteiger partial charge >= 0.3 is 5.97 Å². The second-order valence-electron chi connectivity index (χ2n) is 12.6. The van der Waals surface area contributed by atoms with Crippen LogP contribution >= 0.6 is 0 Å². The number of ether oxygens (including phenoxy) is 2. The average molecular weight is 610 g/mol. The summed E-state index contributed by atoms with van der Waals surface area (Å²) in [5.41, 5.74) is -0.536. The Morgan fingerprint density at radius 3 is 1.48 bits per heavy atom. The summed E-state index contributed by atoms with van der Waals surface area (Å²) in [5, 5.41) is 34.5. The molecule has 44 heavy (non-hydrogen) atoms. The number of hydrogen-bond acceptors (Lipinski definition) is 6. The molecule has 4 N–H and O–H groups in total. The van der Waals surface area contributed by atoms with E-state index in [9.17, 15) is 24.9 Å². The molecule has 0 heterocycles. The number of amides is 1. The van der Waals surface area contributed by atoms with E-state index in [2.05, 4.69) is 12.2 Å². The molecular weight excluding hydrogens is 558 g/mol. The minimum Gasteiger partial charge on any atom is -0.481 e. The summed E-state index contributed by atoms with van der Waals surface area (Å²) in [4.78, 5) is 27.6. The predicted octanol–water partition coefficient (Wildman–Crippen LogP) is 5.65. The molecule has 2 bridgehead atoms. The van der Waals surface area contributed by atoms with Gasteiger partial charge < -0.3 is 30.1 Å².